The first kappa shape index (κ1) is 34.9. The van der Waals surface area contributed by atoms with Crippen molar-refractivity contribution < 1.29 is 38.5 Å². The predicted octanol–water partition coefficient (Wildman–Crippen LogP) is 2.96. The molecule has 240 valence electrons. The van der Waals surface area contributed by atoms with Crippen LogP contribution in [0.5, 0.6) is 0 Å². The second-order valence-corrected chi connectivity index (χ2v) is 10.3. The zero-order valence-electron chi connectivity index (χ0n) is 25.2. The van der Waals surface area contributed by atoms with Crippen molar-refractivity contribution in [2.75, 3.05) is 26.2 Å². The van der Waals surface area contributed by atoms with Gasteiger partial charge in [-0.1, -0.05) is 91.0 Å². The maximum atomic E-state index is 13.8. The van der Waals surface area contributed by atoms with Crippen molar-refractivity contribution in [2.45, 2.75) is 45.1 Å². The van der Waals surface area contributed by atoms with Crippen LogP contribution >= 0.6 is 0 Å². The number of unbranched alkanes of at least 4 members (excludes halogenated alkanes) is 1. The molecule has 0 heterocycles. The number of ether oxygens (including phenoxy) is 3. The second kappa shape index (κ2) is 18.9. The predicted molar refractivity (Wildman–Crippen MR) is 166 cm³/mol. The number of benzene rings is 3. The van der Waals surface area contributed by atoms with Crippen molar-refractivity contribution in [1.29, 1.82) is 0 Å². The minimum Gasteiger partial charge on any atom is -0.480 e. The van der Waals surface area contributed by atoms with E-state index in [-0.39, 0.29) is 26.4 Å². The zero-order valence-corrected chi connectivity index (χ0v) is 25.2. The van der Waals surface area contributed by atoms with Crippen LogP contribution in [0, 0.1) is 5.41 Å². The average molecular weight is 620 g/mol. The van der Waals surface area contributed by atoms with Gasteiger partial charge in [-0.25, -0.2) is 0 Å². The van der Waals surface area contributed by atoms with Crippen molar-refractivity contribution in [1.82, 2.24) is 10.6 Å². The van der Waals surface area contributed by atoms with Gasteiger partial charge in [0.25, 0.3) is 5.41 Å². The minimum atomic E-state index is -3.11. The van der Waals surface area contributed by atoms with Crippen molar-refractivity contribution >= 4 is 23.9 Å². The number of aliphatic carboxylic acids is 1. The Morgan fingerprint density at radius 3 is 1.51 bits per heavy atom. The molecule has 0 aliphatic heterocycles. The largest absolute Gasteiger partial charge is 0.480 e. The highest BCUT2D eigenvalue weighted by atomic mass is 16.6. The molecule has 11 heteroatoms. The molecule has 3 aromatic rings. The summed E-state index contributed by atoms with van der Waals surface area (Å²) < 4.78 is 16.3. The maximum Gasteiger partial charge on any atom is 0.337 e. The molecule has 1 atom stereocenters. The van der Waals surface area contributed by atoms with E-state index in [0.717, 1.165) is 13.0 Å². The van der Waals surface area contributed by atoms with Crippen LogP contribution in [0.15, 0.2) is 91.0 Å². The van der Waals surface area contributed by atoms with Gasteiger partial charge in [-0.05, 0) is 62.1 Å². The van der Waals surface area contributed by atoms with Crippen LogP contribution in [0.2, 0.25) is 0 Å². The first-order valence-corrected chi connectivity index (χ1v) is 14.9. The van der Waals surface area contributed by atoms with Crippen LogP contribution in [0.1, 0.15) is 36.0 Å². The molecule has 0 amide bonds. The van der Waals surface area contributed by atoms with Crippen LogP contribution in [0.4, 0.5) is 0 Å². The Bertz CT molecular complexity index is 1280. The third-order valence-electron chi connectivity index (χ3n) is 6.99. The van der Waals surface area contributed by atoms with E-state index >= 15 is 0 Å². The number of rotatable bonds is 20. The summed E-state index contributed by atoms with van der Waals surface area (Å²) >= 11 is 0. The quantitative estimate of drug-likeness (QED) is 0.0636. The van der Waals surface area contributed by atoms with E-state index in [4.69, 9.17) is 19.9 Å². The Kier molecular flexibility index (Phi) is 14.7. The molecule has 0 saturated heterocycles. The van der Waals surface area contributed by atoms with Crippen molar-refractivity contribution in [2.24, 2.45) is 11.1 Å². The van der Waals surface area contributed by atoms with Crippen molar-refractivity contribution in [3.63, 3.8) is 0 Å². The molecular formula is C34H41N3O8. The normalized spacial score (nSPS) is 11.8. The number of esters is 3. The summed E-state index contributed by atoms with van der Waals surface area (Å²) in [6.07, 6.45) is 1.98. The SMILES string of the molecule is NCCCNCCCCNC(C(=O)OCc1ccccc1)C(C(=O)O)(C(=O)OCc1ccccc1)C(=O)OCc1ccccc1. The Hall–Kier alpha value is -4.58. The average Bonchev–Trinajstić information content (AvgIpc) is 3.07. The number of carboxylic acids is 1. The van der Waals surface area contributed by atoms with E-state index in [2.05, 4.69) is 10.6 Å². The molecule has 11 nitrogen and oxygen atoms in total. The summed E-state index contributed by atoms with van der Waals surface area (Å²) in [6.45, 7) is 1.20. The molecule has 1 unspecified atom stereocenters. The lowest BCUT2D eigenvalue weighted by Crippen LogP contribution is -2.64. The number of carboxylic acid groups (broad SMARTS) is 1. The van der Waals surface area contributed by atoms with Gasteiger partial charge in [0.05, 0.1) is 0 Å². The highest BCUT2D eigenvalue weighted by molar-refractivity contribution is 6.21. The van der Waals surface area contributed by atoms with Gasteiger partial charge >= 0.3 is 23.9 Å². The van der Waals surface area contributed by atoms with E-state index in [1.165, 1.54) is 0 Å². The fourth-order valence-electron chi connectivity index (χ4n) is 4.49. The van der Waals surface area contributed by atoms with Gasteiger partial charge < -0.3 is 35.7 Å². The topological polar surface area (TPSA) is 166 Å². The summed E-state index contributed by atoms with van der Waals surface area (Å²) in [5, 5.41) is 16.7. The molecule has 0 spiro atoms. The molecule has 3 rings (SSSR count). The van der Waals surface area contributed by atoms with Gasteiger partial charge in [-0.2, -0.15) is 0 Å². The fraction of sp³-hybridized carbons (Fsp3) is 0.353. The van der Waals surface area contributed by atoms with E-state index in [1.54, 1.807) is 91.0 Å². The van der Waals surface area contributed by atoms with E-state index < -0.39 is 35.3 Å². The summed E-state index contributed by atoms with van der Waals surface area (Å²) in [6, 6.07) is 23.9. The molecule has 3 aromatic carbocycles. The summed E-state index contributed by atoms with van der Waals surface area (Å²) in [5.41, 5.74) is 4.15. The van der Waals surface area contributed by atoms with E-state index in [0.29, 0.717) is 42.6 Å². The number of nitrogens with two attached hydrogens (primary N) is 1. The Morgan fingerprint density at radius 2 is 1.07 bits per heavy atom. The molecule has 0 aliphatic rings. The zero-order chi connectivity index (χ0) is 32.3. The van der Waals surface area contributed by atoms with Crippen molar-refractivity contribution in [3.05, 3.63) is 108 Å². The van der Waals surface area contributed by atoms with Crippen LogP contribution in [-0.4, -0.2) is 61.2 Å². The Morgan fingerprint density at radius 1 is 0.644 bits per heavy atom. The molecular weight excluding hydrogens is 578 g/mol. The molecule has 45 heavy (non-hydrogen) atoms. The third-order valence-corrected chi connectivity index (χ3v) is 6.99. The van der Waals surface area contributed by atoms with E-state index in [1.807, 2.05) is 0 Å². The number of nitrogens with one attached hydrogen (secondary N) is 2. The van der Waals surface area contributed by atoms with Gasteiger partial charge in [0, 0.05) is 0 Å². The number of carbonyl (C=O) groups excluding carboxylic acids is 3. The Labute approximate surface area is 263 Å². The lowest BCUT2D eigenvalue weighted by Gasteiger charge is -2.32. The van der Waals surface area contributed by atoms with Gasteiger partial charge in [-0.15, -0.1) is 0 Å². The monoisotopic (exact) mass is 619 g/mol. The molecule has 0 aliphatic carbocycles. The first-order chi connectivity index (χ1) is 21.9. The van der Waals surface area contributed by atoms with Crippen LogP contribution < -0.4 is 16.4 Å². The first-order valence-electron chi connectivity index (χ1n) is 14.9. The maximum absolute atomic E-state index is 13.8. The highest BCUT2D eigenvalue weighted by Gasteiger charge is 2.65. The number of hydrogen-bond donors (Lipinski definition) is 4. The smallest absolute Gasteiger partial charge is 0.337 e. The number of hydrogen-bond acceptors (Lipinski definition) is 10. The van der Waals surface area contributed by atoms with Crippen molar-refractivity contribution in [3.8, 4) is 0 Å². The molecule has 5 N–H and O–H groups in total. The van der Waals surface area contributed by atoms with Crippen LogP contribution in [0.25, 0.3) is 0 Å². The standard InChI is InChI=1S/C34H41N3O8/c35-19-12-21-36-20-10-11-22-37-29(30(38)43-23-26-13-4-1-5-14-26)34(31(39)40,32(41)44-24-27-15-6-2-7-16-27)33(42)45-25-28-17-8-3-9-18-28/h1-9,13-18,29,36-37H,10-12,19-25,35H2,(H,39,40). The van der Waals surface area contributed by atoms with Gasteiger partial charge in [0.1, 0.15) is 25.9 Å². The van der Waals surface area contributed by atoms with E-state index in [9.17, 15) is 24.3 Å². The molecule has 0 aromatic heterocycles. The molecule has 0 radical (unpaired) electrons. The number of carbonyl (C=O) groups is 4. The second-order valence-electron chi connectivity index (χ2n) is 10.3. The molecule has 0 saturated carbocycles. The summed E-state index contributed by atoms with van der Waals surface area (Å²) in [4.78, 5) is 54.4. The van der Waals surface area contributed by atoms with Gasteiger partial charge in [0.15, 0.2) is 0 Å². The third kappa shape index (κ3) is 10.5. The fourth-order valence-corrected chi connectivity index (χ4v) is 4.49. The highest BCUT2D eigenvalue weighted by Crippen LogP contribution is 2.30. The molecule has 0 fully saturated rings. The Balaban J connectivity index is 1.91. The minimum absolute atomic E-state index is 0.0939. The molecule has 0 bridgehead atoms. The lowest BCUT2D eigenvalue weighted by molar-refractivity contribution is -0.190. The van der Waals surface area contributed by atoms with Gasteiger partial charge in [0.2, 0.25) is 0 Å². The summed E-state index contributed by atoms with van der Waals surface area (Å²) in [5.74, 6) is -5.92. The van der Waals surface area contributed by atoms with Crippen LogP contribution in [0.3, 0.4) is 0 Å². The lowest BCUT2D eigenvalue weighted by atomic mass is 9.79. The van der Waals surface area contributed by atoms with Gasteiger partial charge in [-0.3, -0.25) is 19.2 Å². The van der Waals surface area contributed by atoms with Crippen LogP contribution in [-0.2, 0) is 53.2 Å². The summed E-state index contributed by atoms with van der Waals surface area (Å²) in [7, 11) is 0.